The van der Waals surface area contributed by atoms with Gasteiger partial charge in [-0.3, -0.25) is 4.79 Å². The number of benzene rings is 1. The van der Waals surface area contributed by atoms with Crippen molar-refractivity contribution < 1.29 is 19.4 Å². The van der Waals surface area contributed by atoms with E-state index in [1.54, 1.807) is 37.3 Å². The molecule has 0 amide bonds. The van der Waals surface area contributed by atoms with Crippen LogP contribution in [0, 0.1) is 5.92 Å². The third-order valence-electron chi connectivity index (χ3n) is 3.61. The Morgan fingerprint density at radius 3 is 2.59 bits per heavy atom. The lowest BCUT2D eigenvalue weighted by Gasteiger charge is -2.13. The van der Waals surface area contributed by atoms with Gasteiger partial charge in [-0.25, -0.2) is 4.79 Å². The number of esters is 1. The molecule has 0 unspecified atom stereocenters. The summed E-state index contributed by atoms with van der Waals surface area (Å²) < 4.78 is 5.34. The van der Waals surface area contributed by atoms with Crippen molar-refractivity contribution in [1.29, 1.82) is 0 Å². The highest BCUT2D eigenvalue weighted by atomic mass is 16.5. The SMILES string of the molecule is C[C@H]1C/C=C\C(=O)[C@@H](C)C/C=C/c2cccc(O)c2C(=O)O1. The molecule has 1 aliphatic heterocycles. The molecule has 0 fully saturated rings. The van der Waals surface area contributed by atoms with Crippen molar-refractivity contribution >= 4 is 17.8 Å². The van der Waals surface area contributed by atoms with E-state index in [1.165, 1.54) is 6.07 Å². The molecule has 1 aromatic carbocycles. The van der Waals surface area contributed by atoms with Gasteiger partial charge in [0.05, 0.1) is 0 Å². The molecule has 0 aliphatic carbocycles. The molecule has 4 heteroatoms. The molecule has 0 radical (unpaired) electrons. The van der Waals surface area contributed by atoms with Gasteiger partial charge in [0.25, 0.3) is 0 Å². The molecule has 1 N–H and O–H groups in total. The monoisotopic (exact) mass is 300 g/mol. The normalized spacial score (nSPS) is 25.9. The van der Waals surface area contributed by atoms with Gasteiger partial charge in [-0.15, -0.1) is 0 Å². The van der Waals surface area contributed by atoms with Gasteiger partial charge in [-0.1, -0.05) is 37.3 Å². The minimum absolute atomic E-state index is 0.0542. The van der Waals surface area contributed by atoms with E-state index in [4.69, 9.17) is 4.74 Å². The van der Waals surface area contributed by atoms with Crippen molar-refractivity contribution in [3.63, 3.8) is 0 Å². The molecule has 2 rings (SSSR count). The second kappa shape index (κ2) is 7.07. The van der Waals surface area contributed by atoms with Crippen LogP contribution in [0.25, 0.3) is 6.08 Å². The molecule has 1 heterocycles. The molecule has 0 saturated heterocycles. The third kappa shape index (κ3) is 3.85. The summed E-state index contributed by atoms with van der Waals surface area (Å²) in [6.07, 6.45) is 7.51. The van der Waals surface area contributed by atoms with Gasteiger partial charge in [0.2, 0.25) is 0 Å². The molecule has 0 spiro atoms. The lowest BCUT2D eigenvalue weighted by Crippen LogP contribution is -2.15. The maximum Gasteiger partial charge on any atom is 0.342 e. The molecule has 116 valence electrons. The average molecular weight is 300 g/mol. The number of hydrogen-bond acceptors (Lipinski definition) is 4. The highest BCUT2D eigenvalue weighted by Gasteiger charge is 2.19. The molecule has 2 atom stereocenters. The van der Waals surface area contributed by atoms with Crippen LogP contribution in [0.4, 0.5) is 0 Å². The summed E-state index contributed by atoms with van der Waals surface area (Å²) in [6.45, 7) is 3.62. The van der Waals surface area contributed by atoms with E-state index in [-0.39, 0.29) is 29.1 Å². The van der Waals surface area contributed by atoms with Gasteiger partial charge < -0.3 is 9.84 Å². The van der Waals surface area contributed by atoms with E-state index < -0.39 is 5.97 Å². The van der Waals surface area contributed by atoms with Crippen LogP contribution in [0.5, 0.6) is 5.75 Å². The summed E-state index contributed by atoms with van der Waals surface area (Å²) in [5.41, 5.74) is 0.747. The molecule has 0 bridgehead atoms. The minimum atomic E-state index is -0.558. The van der Waals surface area contributed by atoms with Crippen molar-refractivity contribution in [1.82, 2.24) is 0 Å². The highest BCUT2D eigenvalue weighted by Crippen LogP contribution is 2.25. The summed E-state index contributed by atoms with van der Waals surface area (Å²) >= 11 is 0. The van der Waals surface area contributed by atoms with Crippen molar-refractivity contribution in [2.24, 2.45) is 5.92 Å². The Balaban J connectivity index is 2.40. The quantitative estimate of drug-likeness (QED) is 0.745. The number of phenolic OH excluding ortho intramolecular Hbond substituents is 1. The molecule has 4 nitrogen and oxygen atoms in total. The summed E-state index contributed by atoms with van der Waals surface area (Å²) in [5, 5.41) is 9.96. The summed E-state index contributed by atoms with van der Waals surface area (Å²) in [4.78, 5) is 24.2. The van der Waals surface area contributed by atoms with Gasteiger partial charge in [0, 0.05) is 12.3 Å². The van der Waals surface area contributed by atoms with Crippen LogP contribution in [0.15, 0.2) is 36.4 Å². The number of carbonyl (C=O) groups is 2. The number of aromatic hydroxyl groups is 1. The number of phenols is 1. The first kappa shape index (κ1) is 16.0. The molecule has 0 saturated carbocycles. The van der Waals surface area contributed by atoms with Crippen molar-refractivity contribution in [3.8, 4) is 5.75 Å². The number of hydrogen-bond donors (Lipinski definition) is 1. The number of carbonyl (C=O) groups excluding carboxylic acids is 2. The van der Waals surface area contributed by atoms with Crippen LogP contribution in [0.1, 0.15) is 42.6 Å². The first-order valence-electron chi connectivity index (χ1n) is 7.39. The number of ether oxygens (including phenoxy) is 1. The van der Waals surface area contributed by atoms with E-state index in [0.29, 0.717) is 18.4 Å². The second-order valence-electron chi connectivity index (χ2n) is 5.54. The van der Waals surface area contributed by atoms with Gasteiger partial charge >= 0.3 is 5.97 Å². The number of rotatable bonds is 0. The Labute approximate surface area is 130 Å². The summed E-state index contributed by atoms with van der Waals surface area (Å²) in [6, 6.07) is 4.87. The topological polar surface area (TPSA) is 63.6 Å². The van der Waals surface area contributed by atoms with Crippen molar-refractivity contribution in [2.75, 3.05) is 0 Å². The fourth-order valence-electron chi connectivity index (χ4n) is 2.26. The number of fused-ring (bicyclic) bond motifs is 1. The number of allylic oxidation sites excluding steroid dienone is 2. The predicted molar refractivity (Wildman–Crippen MR) is 84.6 cm³/mol. The Bertz CT molecular complexity index is 628. The summed E-state index contributed by atoms with van der Waals surface area (Å²) in [7, 11) is 0. The zero-order chi connectivity index (χ0) is 16.1. The van der Waals surface area contributed by atoms with Crippen LogP contribution in [0.3, 0.4) is 0 Å². The van der Waals surface area contributed by atoms with Crippen LogP contribution in [-0.4, -0.2) is 23.0 Å². The Kier molecular flexibility index (Phi) is 5.15. The Hall–Kier alpha value is -2.36. The fourth-order valence-corrected chi connectivity index (χ4v) is 2.26. The maximum atomic E-state index is 12.3. The van der Waals surface area contributed by atoms with Crippen LogP contribution < -0.4 is 0 Å². The lowest BCUT2D eigenvalue weighted by atomic mass is 10.00. The van der Waals surface area contributed by atoms with Crippen molar-refractivity contribution in [3.05, 3.63) is 47.6 Å². The maximum absolute atomic E-state index is 12.3. The van der Waals surface area contributed by atoms with Crippen molar-refractivity contribution in [2.45, 2.75) is 32.8 Å². The number of ketones is 1. The fraction of sp³-hybridized carbons (Fsp3) is 0.333. The zero-order valence-electron chi connectivity index (χ0n) is 12.8. The van der Waals surface area contributed by atoms with E-state index in [9.17, 15) is 14.7 Å². The largest absolute Gasteiger partial charge is 0.507 e. The van der Waals surface area contributed by atoms with Gasteiger partial charge in [-0.05, 0) is 31.1 Å². The Morgan fingerprint density at radius 2 is 1.82 bits per heavy atom. The minimum Gasteiger partial charge on any atom is -0.507 e. The number of cyclic esters (lactones) is 1. The first-order valence-corrected chi connectivity index (χ1v) is 7.39. The molecular formula is C18H20O4. The van der Waals surface area contributed by atoms with Crippen LogP contribution in [0.2, 0.25) is 0 Å². The van der Waals surface area contributed by atoms with E-state index in [0.717, 1.165) is 0 Å². The summed E-state index contributed by atoms with van der Waals surface area (Å²) in [5.74, 6) is -0.731. The van der Waals surface area contributed by atoms with Crippen LogP contribution in [-0.2, 0) is 9.53 Å². The smallest absolute Gasteiger partial charge is 0.342 e. The second-order valence-corrected chi connectivity index (χ2v) is 5.54. The van der Waals surface area contributed by atoms with Gasteiger partial charge in [0.1, 0.15) is 17.4 Å². The van der Waals surface area contributed by atoms with Gasteiger partial charge in [0.15, 0.2) is 5.78 Å². The molecule has 22 heavy (non-hydrogen) atoms. The molecular weight excluding hydrogens is 280 g/mol. The van der Waals surface area contributed by atoms with E-state index >= 15 is 0 Å². The lowest BCUT2D eigenvalue weighted by molar-refractivity contribution is -0.117. The predicted octanol–water partition coefficient (Wildman–Crippen LogP) is 3.51. The standard InChI is InChI=1S/C18H20O4/c1-12-6-3-8-14-9-5-11-16(20)17(14)18(21)22-13(2)7-4-10-15(12)19/h3-5,8-13,20H,6-7H2,1-2H3/b8-3+,10-4-/t12-,13-/m0/s1. The molecule has 0 aromatic heterocycles. The van der Waals surface area contributed by atoms with Gasteiger partial charge in [-0.2, -0.15) is 0 Å². The highest BCUT2D eigenvalue weighted by molar-refractivity contribution is 5.96. The van der Waals surface area contributed by atoms with E-state index in [1.807, 2.05) is 13.0 Å². The first-order chi connectivity index (χ1) is 10.5. The third-order valence-corrected chi connectivity index (χ3v) is 3.61. The van der Waals surface area contributed by atoms with Crippen LogP contribution >= 0.6 is 0 Å². The molecule has 1 aliphatic rings. The molecule has 1 aromatic rings. The zero-order valence-corrected chi connectivity index (χ0v) is 12.8. The average Bonchev–Trinajstić information content (AvgIpc) is 2.46. The Morgan fingerprint density at radius 1 is 1.09 bits per heavy atom. The van der Waals surface area contributed by atoms with E-state index in [2.05, 4.69) is 0 Å².